The number of carbonyl (C=O) groups is 2. The van der Waals surface area contributed by atoms with Crippen molar-refractivity contribution in [3.05, 3.63) is 94.0 Å². The lowest BCUT2D eigenvalue weighted by Crippen LogP contribution is -2.15. The van der Waals surface area contributed by atoms with E-state index < -0.39 is 5.97 Å². The first-order valence-electron chi connectivity index (χ1n) is 8.70. The van der Waals surface area contributed by atoms with Crippen LogP contribution in [0, 0.1) is 0 Å². The van der Waals surface area contributed by atoms with Crippen molar-refractivity contribution in [1.29, 1.82) is 0 Å². The molecule has 3 aromatic carbocycles. The van der Waals surface area contributed by atoms with Crippen LogP contribution in [0.1, 0.15) is 15.9 Å². The molecule has 0 saturated heterocycles. The lowest BCUT2D eigenvalue weighted by Gasteiger charge is -2.09. The molecule has 148 valence electrons. The molecule has 0 unspecified atom stereocenters. The molecule has 5 nitrogen and oxygen atoms in total. The molecule has 0 aliphatic carbocycles. The van der Waals surface area contributed by atoms with E-state index in [4.69, 9.17) is 32.7 Å². The summed E-state index contributed by atoms with van der Waals surface area (Å²) in [5, 5.41) is 3.55. The predicted molar refractivity (Wildman–Crippen MR) is 113 cm³/mol. The number of rotatable bonds is 7. The van der Waals surface area contributed by atoms with Gasteiger partial charge in [-0.1, -0.05) is 53.5 Å². The number of benzene rings is 3. The number of hydrogen-bond acceptors (Lipinski definition) is 4. The summed E-state index contributed by atoms with van der Waals surface area (Å²) in [6.07, 6.45) is 0. The first-order chi connectivity index (χ1) is 14.0. The van der Waals surface area contributed by atoms with Crippen molar-refractivity contribution in [3.8, 4) is 5.75 Å². The van der Waals surface area contributed by atoms with Crippen molar-refractivity contribution in [2.75, 3.05) is 11.9 Å². The Morgan fingerprint density at radius 3 is 2.34 bits per heavy atom. The minimum Gasteiger partial charge on any atom is -0.482 e. The van der Waals surface area contributed by atoms with Crippen molar-refractivity contribution >= 4 is 40.8 Å². The van der Waals surface area contributed by atoms with Crippen LogP contribution in [0.5, 0.6) is 5.75 Å². The molecule has 0 bridgehead atoms. The molecule has 0 radical (unpaired) electrons. The van der Waals surface area contributed by atoms with E-state index in [-0.39, 0.29) is 19.1 Å². The quantitative estimate of drug-likeness (QED) is 0.512. The van der Waals surface area contributed by atoms with Gasteiger partial charge in [-0.2, -0.15) is 0 Å². The molecule has 0 aromatic heterocycles. The number of nitrogens with one attached hydrogen (secondary N) is 1. The maximum Gasteiger partial charge on any atom is 0.344 e. The Morgan fingerprint density at radius 2 is 1.62 bits per heavy atom. The zero-order valence-corrected chi connectivity index (χ0v) is 16.7. The highest BCUT2D eigenvalue weighted by Gasteiger charge is 2.10. The van der Waals surface area contributed by atoms with Gasteiger partial charge in [-0.3, -0.25) is 4.79 Å². The van der Waals surface area contributed by atoms with Crippen molar-refractivity contribution in [2.45, 2.75) is 6.61 Å². The van der Waals surface area contributed by atoms with Gasteiger partial charge in [0, 0.05) is 10.6 Å². The number of anilines is 1. The summed E-state index contributed by atoms with van der Waals surface area (Å²) in [6.45, 7) is -0.0370. The number of esters is 1. The fraction of sp³-hybridized carbons (Fsp3) is 0.0909. The molecular formula is C22H17Cl2NO4. The Labute approximate surface area is 178 Å². The SMILES string of the molecule is O=C(COc1ccc(C(=O)Nc2cc(Cl)ccc2Cl)cc1)OCc1ccccc1. The third kappa shape index (κ3) is 6.24. The molecular weight excluding hydrogens is 413 g/mol. The zero-order chi connectivity index (χ0) is 20.6. The molecule has 29 heavy (non-hydrogen) atoms. The van der Waals surface area contributed by atoms with Gasteiger partial charge in [0.1, 0.15) is 12.4 Å². The molecule has 0 heterocycles. The molecule has 1 N–H and O–H groups in total. The van der Waals surface area contributed by atoms with Crippen LogP contribution in [0.25, 0.3) is 0 Å². The van der Waals surface area contributed by atoms with Crippen molar-refractivity contribution in [3.63, 3.8) is 0 Å². The third-order valence-corrected chi connectivity index (χ3v) is 4.46. The van der Waals surface area contributed by atoms with Crippen LogP contribution in [0.3, 0.4) is 0 Å². The smallest absolute Gasteiger partial charge is 0.344 e. The molecule has 0 atom stereocenters. The van der Waals surface area contributed by atoms with E-state index >= 15 is 0 Å². The van der Waals surface area contributed by atoms with Crippen LogP contribution in [0.15, 0.2) is 72.8 Å². The lowest BCUT2D eigenvalue weighted by atomic mass is 10.2. The summed E-state index contributed by atoms with van der Waals surface area (Å²) in [7, 11) is 0. The molecule has 0 aliphatic heterocycles. The number of hydrogen-bond donors (Lipinski definition) is 1. The standard InChI is InChI=1S/C22H17Cl2NO4/c23-17-8-11-19(24)20(12-17)25-22(27)16-6-9-18(10-7-16)28-14-21(26)29-13-15-4-2-1-3-5-15/h1-12H,13-14H2,(H,25,27). The van der Waals surface area contributed by atoms with E-state index in [1.165, 1.54) is 0 Å². The molecule has 0 fully saturated rings. The first kappa shape index (κ1) is 20.7. The van der Waals surface area contributed by atoms with Crippen LogP contribution >= 0.6 is 23.2 Å². The van der Waals surface area contributed by atoms with Crippen LogP contribution in [-0.4, -0.2) is 18.5 Å². The Balaban J connectivity index is 1.50. The Bertz CT molecular complexity index is 991. The molecule has 1 amide bonds. The average molecular weight is 430 g/mol. The van der Waals surface area contributed by atoms with Crippen molar-refractivity contribution in [1.82, 2.24) is 0 Å². The minimum absolute atomic E-state index is 0.189. The van der Waals surface area contributed by atoms with E-state index in [2.05, 4.69) is 5.32 Å². The van der Waals surface area contributed by atoms with Gasteiger partial charge >= 0.3 is 5.97 Å². The van der Waals surface area contributed by atoms with E-state index in [0.29, 0.717) is 27.0 Å². The maximum atomic E-state index is 12.3. The Hall–Kier alpha value is -3.02. The maximum absolute atomic E-state index is 12.3. The summed E-state index contributed by atoms with van der Waals surface area (Å²) >= 11 is 12.0. The van der Waals surface area contributed by atoms with E-state index in [1.54, 1.807) is 42.5 Å². The van der Waals surface area contributed by atoms with Crippen molar-refractivity contribution < 1.29 is 19.1 Å². The molecule has 0 spiro atoms. The number of ether oxygens (including phenoxy) is 2. The van der Waals surface area contributed by atoms with E-state index in [0.717, 1.165) is 5.56 Å². The van der Waals surface area contributed by atoms with Gasteiger partial charge in [0.05, 0.1) is 10.7 Å². The van der Waals surface area contributed by atoms with Gasteiger partial charge in [-0.05, 0) is 48.0 Å². The first-order valence-corrected chi connectivity index (χ1v) is 9.45. The second kappa shape index (κ2) is 9.96. The highest BCUT2D eigenvalue weighted by atomic mass is 35.5. The summed E-state index contributed by atoms with van der Waals surface area (Å²) in [4.78, 5) is 24.1. The van der Waals surface area contributed by atoms with Gasteiger partial charge in [-0.15, -0.1) is 0 Å². The highest BCUT2D eigenvalue weighted by Crippen LogP contribution is 2.26. The van der Waals surface area contributed by atoms with Gasteiger partial charge < -0.3 is 14.8 Å². The van der Waals surface area contributed by atoms with Crippen LogP contribution < -0.4 is 10.1 Å². The normalized spacial score (nSPS) is 10.3. The van der Waals surface area contributed by atoms with Crippen LogP contribution in [0.2, 0.25) is 10.0 Å². The summed E-state index contributed by atoms with van der Waals surface area (Å²) < 4.78 is 10.5. The Morgan fingerprint density at radius 1 is 0.897 bits per heavy atom. The molecule has 7 heteroatoms. The van der Waals surface area contributed by atoms with Crippen LogP contribution in [0.4, 0.5) is 5.69 Å². The lowest BCUT2D eigenvalue weighted by molar-refractivity contribution is -0.147. The summed E-state index contributed by atoms with van der Waals surface area (Å²) in [6, 6.07) is 20.5. The monoisotopic (exact) mass is 429 g/mol. The summed E-state index contributed by atoms with van der Waals surface area (Å²) in [5.74, 6) is -0.381. The fourth-order valence-corrected chi connectivity index (χ4v) is 2.75. The number of carbonyl (C=O) groups excluding carboxylic acids is 2. The number of amides is 1. The van der Waals surface area contributed by atoms with Crippen molar-refractivity contribution in [2.24, 2.45) is 0 Å². The second-order valence-electron chi connectivity index (χ2n) is 6.04. The fourth-order valence-electron chi connectivity index (χ4n) is 2.41. The van der Waals surface area contributed by atoms with Gasteiger partial charge in [0.25, 0.3) is 5.91 Å². The van der Waals surface area contributed by atoms with Gasteiger partial charge in [-0.25, -0.2) is 4.79 Å². The second-order valence-corrected chi connectivity index (χ2v) is 6.88. The largest absolute Gasteiger partial charge is 0.482 e. The van der Waals surface area contributed by atoms with E-state index in [1.807, 2.05) is 30.3 Å². The average Bonchev–Trinajstić information content (AvgIpc) is 2.74. The van der Waals surface area contributed by atoms with Gasteiger partial charge in [0.15, 0.2) is 6.61 Å². The minimum atomic E-state index is -0.480. The topological polar surface area (TPSA) is 64.6 Å². The molecule has 0 saturated carbocycles. The van der Waals surface area contributed by atoms with Crippen LogP contribution in [-0.2, 0) is 16.1 Å². The Kier molecular flexibility index (Phi) is 7.11. The number of halogens is 2. The summed E-state index contributed by atoms with van der Waals surface area (Å²) in [5.41, 5.74) is 1.72. The van der Waals surface area contributed by atoms with Gasteiger partial charge in [0.2, 0.25) is 0 Å². The molecule has 3 aromatic rings. The zero-order valence-electron chi connectivity index (χ0n) is 15.2. The van der Waals surface area contributed by atoms with E-state index in [9.17, 15) is 9.59 Å². The predicted octanol–water partition coefficient (Wildman–Crippen LogP) is 5.37. The third-order valence-electron chi connectivity index (χ3n) is 3.89. The molecule has 0 aliphatic rings. The molecule has 3 rings (SSSR count). The highest BCUT2D eigenvalue weighted by molar-refractivity contribution is 6.35.